The number of benzene rings is 2. The molecule has 0 atom stereocenters. The predicted octanol–water partition coefficient (Wildman–Crippen LogP) is 3.75. The van der Waals surface area contributed by atoms with Gasteiger partial charge in [-0.15, -0.1) is 0 Å². The first kappa shape index (κ1) is 15.1. The molecule has 0 fully saturated rings. The molecule has 20 heavy (non-hydrogen) atoms. The summed E-state index contributed by atoms with van der Waals surface area (Å²) >= 11 is 8.75. The van der Waals surface area contributed by atoms with E-state index in [1.807, 2.05) is 0 Å². The van der Waals surface area contributed by atoms with Crippen molar-refractivity contribution in [2.24, 2.45) is 0 Å². The zero-order valence-electron chi connectivity index (χ0n) is 9.77. The average molecular weight is 381 g/mol. The Morgan fingerprint density at radius 2 is 1.80 bits per heavy atom. The summed E-state index contributed by atoms with van der Waals surface area (Å²) in [5.41, 5.74) is -0.195. The van der Waals surface area contributed by atoms with Gasteiger partial charge in [-0.25, -0.2) is 12.8 Å². The molecule has 0 saturated heterocycles. The molecule has 106 valence electrons. The van der Waals surface area contributed by atoms with Gasteiger partial charge in [0, 0.05) is 10.5 Å². The van der Waals surface area contributed by atoms with Gasteiger partial charge in [0.1, 0.15) is 11.6 Å². The summed E-state index contributed by atoms with van der Waals surface area (Å²) in [5.74, 6) is -1.39. The van der Waals surface area contributed by atoms with Crippen molar-refractivity contribution in [3.63, 3.8) is 0 Å². The SMILES string of the molecule is O=S(=O)(Nc1cc(Cl)c(F)cc1O)c1ccc(Br)cc1. The molecule has 0 amide bonds. The molecule has 2 aromatic rings. The van der Waals surface area contributed by atoms with Crippen LogP contribution in [0.3, 0.4) is 0 Å². The molecule has 0 saturated carbocycles. The Kier molecular flexibility index (Phi) is 4.22. The van der Waals surface area contributed by atoms with Crippen molar-refractivity contribution in [3.05, 3.63) is 51.7 Å². The number of sulfonamides is 1. The van der Waals surface area contributed by atoms with Crippen molar-refractivity contribution < 1.29 is 17.9 Å². The third-order valence-electron chi connectivity index (χ3n) is 2.41. The molecule has 2 aromatic carbocycles. The van der Waals surface area contributed by atoms with Crippen LogP contribution in [0.25, 0.3) is 0 Å². The Labute approximate surface area is 128 Å². The number of nitrogens with one attached hydrogen (secondary N) is 1. The number of phenols is 1. The summed E-state index contributed by atoms with van der Waals surface area (Å²) in [5, 5.41) is 9.24. The zero-order valence-corrected chi connectivity index (χ0v) is 12.9. The maximum absolute atomic E-state index is 13.1. The third kappa shape index (κ3) is 3.23. The van der Waals surface area contributed by atoms with Crippen LogP contribution in [-0.4, -0.2) is 13.5 Å². The Hall–Kier alpha value is -1.31. The van der Waals surface area contributed by atoms with Crippen molar-refractivity contribution in [3.8, 4) is 5.75 Å². The van der Waals surface area contributed by atoms with E-state index in [0.29, 0.717) is 0 Å². The van der Waals surface area contributed by atoms with Crippen LogP contribution in [-0.2, 0) is 10.0 Å². The van der Waals surface area contributed by atoms with Crippen LogP contribution in [0.5, 0.6) is 5.75 Å². The molecule has 0 radical (unpaired) electrons. The molecule has 2 N–H and O–H groups in total. The minimum atomic E-state index is -3.89. The molecular weight excluding hydrogens is 373 g/mol. The number of hydrogen-bond acceptors (Lipinski definition) is 3. The van der Waals surface area contributed by atoms with E-state index in [2.05, 4.69) is 20.7 Å². The maximum Gasteiger partial charge on any atom is 0.262 e. The summed E-state index contributed by atoms with van der Waals surface area (Å²) in [6, 6.07) is 7.63. The van der Waals surface area contributed by atoms with Gasteiger partial charge in [-0.05, 0) is 30.3 Å². The first-order valence-corrected chi connectivity index (χ1v) is 7.91. The second kappa shape index (κ2) is 5.59. The van der Waals surface area contributed by atoms with Gasteiger partial charge in [-0.1, -0.05) is 27.5 Å². The molecule has 0 aliphatic heterocycles. The Bertz CT molecular complexity index is 750. The molecule has 0 heterocycles. The Balaban J connectivity index is 2.38. The van der Waals surface area contributed by atoms with Crippen LogP contribution in [0.1, 0.15) is 0 Å². The molecular formula is C12H8BrClFNO3S. The van der Waals surface area contributed by atoms with E-state index in [1.54, 1.807) is 12.1 Å². The quantitative estimate of drug-likeness (QED) is 0.797. The van der Waals surface area contributed by atoms with Crippen molar-refractivity contribution in [1.82, 2.24) is 0 Å². The maximum atomic E-state index is 13.1. The molecule has 0 aromatic heterocycles. The number of anilines is 1. The normalized spacial score (nSPS) is 11.3. The van der Waals surface area contributed by atoms with E-state index in [4.69, 9.17) is 11.6 Å². The zero-order chi connectivity index (χ0) is 14.9. The predicted molar refractivity (Wildman–Crippen MR) is 78.0 cm³/mol. The molecule has 8 heteroatoms. The summed E-state index contributed by atoms with van der Waals surface area (Å²) in [6.07, 6.45) is 0. The van der Waals surface area contributed by atoms with Crippen molar-refractivity contribution in [2.45, 2.75) is 4.90 Å². The largest absolute Gasteiger partial charge is 0.506 e. The number of halogens is 3. The fraction of sp³-hybridized carbons (Fsp3) is 0. The average Bonchev–Trinajstić information content (AvgIpc) is 2.36. The second-order valence-electron chi connectivity index (χ2n) is 3.84. The number of rotatable bonds is 3. The highest BCUT2D eigenvalue weighted by Crippen LogP contribution is 2.31. The first-order valence-electron chi connectivity index (χ1n) is 5.26. The van der Waals surface area contributed by atoms with Crippen LogP contribution >= 0.6 is 27.5 Å². The van der Waals surface area contributed by atoms with Gasteiger partial charge >= 0.3 is 0 Å². The van der Waals surface area contributed by atoms with Gasteiger partial charge in [0.2, 0.25) is 0 Å². The van der Waals surface area contributed by atoms with Gasteiger partial charge in [0.25, 0.3) is 10.0 Å². The lowest BCUT2D eigenvalue weighted by Crippen LogP contribution is -2.13. The topological polar surface area (TPSA) is 66.4 Å². The van der Waals surface area contributed by atoms with Gasteiger partial charge in [-0.2, -0.15) is 0 Å². The van der Waals surface area contributed by atoms with Crippen LogP contribution < -0.4 is 4.72 Å². The molecule has 0 aliphatic carbocycles. The molecule has 0 aliphatic rings. The van der Waals surface area contributed by atoms with Crippen molar-refractivity contribution in [2.75, 3.05) is 4.72 Å². The fourth-order valence-corrected chi connectivity index (χ4v) is 2.93. The molecule has 2 rings (SSSR count). The van der Waals surface area contributed by atoms with E-state index < -0.39 is 21.6 Å². The van der Waals surface area contributed by atoms with E-state index in [-0.39, 0.29) is 15.6 Å². The molecule has 0 unspecified atom stereocenters. The van der Waals surface area contributed by atoms with Crippen molar-refractivity contribution >= 4 is 43.2 Å². The third-order valence-corrected chi connectivity index (χ3v) is 4.61. The van der Waals surface area contributed by atoms with Crippen LogP contribution in [0, 0.1) is 5.82 Å². The Morgan fingerprint density at radius 3 is 2.40 bits per heavy atom. The van der Waals surface area contributed by atoms with E-state index >= 15 is 0 Å². The van der Waals surface area contributed by atoms with E-state index in [1.165, 1.54) is 12.1 Å². The van der Waals surface area contributed by atoms with Gasteiger partial charge in [0.15, 0.2) is 0 Å². The second-order valence-corrected chi connectivity index (χ2v) is 6.85. The molecule has 0 spiro atoms. The number of aromatic hydroxyl groups is 1. The lowest BCUT2D eigenvalue weighted by molar-refractivity contribution is 0.471. The Morgan fingerprint density at radius 1 is 1.20 bits per heavy atom. The van der Waals surface area contributed by atoms with E-state index in [0.717, 1.165) is 16.6 Å². The van der Waals surface area contributed by atoms with Crippen LogP contribution in [0.2, 0.25) is 5.02 Å². The lowest BCUT2D eigenvalue weighted by atomic mass is 10.3. The highest BCUT2D eigenvalue weighted by Gasteiger charge is 2.17. The standard InChI is InChI=1S/C12H8BrClFNO3S/c13-7-1-3-8(4-2-7)20(18,19)16-11-5-9(14)10(15)6-12(11)17/h1-6,16-17H. The minimum absolute atomic E-state index is 0.000507. The number of hydrogen-bond donors (Lipinski definition) is 2. The lowest BCUT2D eigenvalue weighted by Gasteiger charge is -2.10. The summed E-state index contributed by atoms with van der Waals surface area (Å²) in [6.45, 7) is 0. The van der Waals surface area contributed by atoms with Crippen LogP contribution in [0.4, 0.5) is 10.1 Å². The van der Waals surface area contributed by atoms with Gasteiger partial charge in [-0.3, -0.25) is 4.72 Å². The van der Waals surface area contributed by atoms with E-state index in [9.17, 15) is 17.9 Å². The fourth-order valence-electron chi connectivity index (χ4n) is 1.44. The highest BCUT2D eigenvalue weighted by atomic mass is 79.9. The van der Waals surface area contributed by atoms with Crippen molar-refractivity contribution in [1.29, 1.82) is 0 Å². The summed E-state index contributed by atoms with van der Waals surface area (Å²) < 4.78 is 40.1. The first-order chi connectivity index (χ1) is 9.29. The number of phenolic OH excluding ortho intramolecular Hbond substituents is 1. The summed E-state index contributed by atoms with van der Waals surface area (Å²) in [4.78, 5) is 0.000507. The monoisotopic (exact) mass is 379 g/mol. The highest BCUT2D eigenvalue weighted by molar-refractivity contribution is 9.10. The smallest absolute Gasteiger partial charge is 0.262 e. The molecule has 4 nitrogen and oxygen atoms in total. The minimum Gasteiger partial charge on any atom is -0.506 e. The van der Waals surface area contributed by atoms with Gasteiger partial charge < -0.3 is 5.11 Å². The van der Waals surface area contributed by atoms with Crippen LogP contribution in [0.15, 0.2) is 45.8 Å². The summed E-state index contributed by atoms with van der Waals surface area (Å²) in [7, 11) is -3.89. The van der Waals surface area contributed by atoms with Gasteiger partial charge in [0.05, 0.1) is 15.6 Å². The molecule has 0 bridgehead atoms.